The molecule has 108 valence electrons. The Bertz CT molecular complexity index is 719. The number of benzene rings is 2. The van der Waals surface area contributed by atoms with E-state index in [1.54, 1.807) is 22.6 Å². The number of halogens is 2. The van der Waals surface area contributed by atoms with Crippen molar-refractivity contribution >= 4 is 45.6 Å². The molecule has 0 unspecified atom stereocenters. The number of nitro benzene ring substituents is 1. The van der Waals surface area contributed by atoms with Gasteiger partial charge in [0.25, 0.3) is 5.69 Å². The Hall–Kier alpha value is -2.23. The van der Waals surface area contributed by atoms with E-state index in [9.17, 15) is 19.3 Å². The number of nitro groups is 1. The maximum atomic E-state index is 13.5. The predicted octanol–water partition coefficient (Wildman–Crippen LogP) is 3.78. The van der Waals surface area contributed by atoms with E-state index in [1.807, 2.05) is 0 Å². The monoisotopic (exact) mass is 402 g/mol. The molecule has 2 rings (SSSR count). The van der Waals surface area contributed by atoms with E-state index in [2.05, 4.69) is 5.32 Å². The molecule has 0 aliphatic heterocycles. The van der Waals surface area contributed by atoms with Gasteiger partial charge in [-0.25, -0.2) is 9.18 Å². The van der Waals surface area contributed by atoms with Gasteiger partial charge in [0.1, 0.15) is 11.5 Å². The summed E-state index contributed by atoms with van der Waals surface area (Å²) in [5, 5.41) is 22.5. The lowest BCUT2D eigenvalue weighted by atomic mass is 10.2. The molecule has 0 amide bonds. The first kappa shape index (κ1) is 15.2. The Morgan fingerprint density at radius 3 is 2.43 bits per heavy atom. The van der Waals surface area contributed by atoms with Gasteiger partial charge in [-0.1, -0.05) is 0 Å². The summed E-state index contributed by atoms with van der Waals surface area (Å²) < 4.78 is 13.7. The molecular weight excluding hydrogens is 394 g/mol. The highest BCUT2D eigenvalue weighted by Crippen LogP contribution is 2.31. The lowest BCUT2D eigenvalue weighted by molar-refractivity contribution is -0.384. The summed E-state index contributed by atoms with van der Waals surface area (Å²) >= 11 is 1.67. The fraction of sp³-hybridized carbons (Fsp3) is 0. The van der Waals surface area contributed by atoms with Crippen LogP contribution in [-0.4, -0.2) is 16.0 Å². The Morgan fingerprint density at radius 2 is 1.90 bits per heavy atom. The summed E-state index contributed by atoms with van der Waals surface area (Å²) in [6.45, 7) is 0. The minimum Gasteiger partial charge on any atom is -0.478 e. The number of rotatable bonds is 4. The number of aromatic carboxylic acids is 1. The van der Waals surface area contributed by atoms with Crippen molar-refractivity contribution in [3.05, 3.63) is 61.5 Å². The summed E-state index contributed by atoms with van der Waals surface area (Å²) in [6, 6.07) is 7.75. The zero-order valence-corrected chi connectivity index (χ0v) is 12.5. The quantitative estimate of drug-likeness (QED) is 0.462. The lowest BCUT2D eigenvalue weighted by Crippen LogP contribution is -2.00. The first-order valence-corrected chi connectivity index (χ1v) is 6.70. The maximum absolute atomic E-state index is 13.5. The molecule has 0 saturated carbocycles. The molecule has 21 heavy (non-hydrogen) atoms. The highest BCUT2D eigenvalue weighted by Gasteiger charge is 2.17. The fourth-order valence-corrected chi connectivity index (χ4v) is 2.09. The smallest absolute Gasteiger partial charge is 0.335 e. The zero-order valence-electron chi connectivity index (χ0n) is 10.3. The molecule has 2 aromatic rings. The van der Waals surface area contributed by atoms with Crippen LogP contribution in [0.5, 0.6) is 0 Å². The molecule has 6 nitrogen and oxygen atoms in total. The van der Waals surface area contributed by atoms with E-state index in [4.69, 9.17) is 5.11 Å². The van der Waals surface area contributed by atoms with Gasteiger partial charge in [0.2, 0.25) is 0 Å². The molecule has 0 fully saturated rings. The Balaban J connectivity index is 2.36. The van der Waals surface area contributed by atoms with Gasteiger partial charge in [-0.3, -0.25) is 10.1 Å². The third kappa shape index (κ3) is 3.45. The van der Waals surface area contributed by atoms with Crippen molar-refractivity contribution in [2.45, 2.75) is 0 Å². The number of anilines is 2. The first-order chi connectivity index (χ1) is 9.88. The molecule has 2 aromatic carbocycles. The van der Waals surface area contributed by atoms with Crippen LogP contribution in [0, 0.1) is 19.5 Å². The molecule has 0 spiro atoms. The average Bonchev–Trinajstić information content (AvgIpc) is 2.43. The van der Waals surface area contributed by atoms with Crippen LogP contribution < -0.4 is 5.32 Å². The van der Waals surface area contributed by atoms with E-state index >= 15 is 0 Å². The fourth-order valence-electron chi connectivity index (χ4n) is 1.64. The molecule has 0 saturated heterocycles. The van der Waals surface area contributed by atoms with Gasteiger partial charge >= 0.3 is 5.97 Å². The summed E-state index contributed by atoms with van der Waals surface area (Å²) in [4.78, 5) is 21.1. The van der Waals surface area contributed by atoms with Gasteiger partial charge in [0.15, 0.2) is 0 Å². The van der Waals surface area contributed by atoms with Gasteiger partial charge in [-0.2, -0.15) is 0 Å². The number of hydrogen-bond donors (Lipinski definition) is 2. The van der Waals surface area contributed by atoms with Gasteiger partial charge in [-0.15, -0.1) is 0 Å². The minimum absolute atomic E-state index is 0.000918. The highest BCUT2D eigenvalue weighted by molar-refractivity contribution is 14.1. The number of carboxylic acids is 1. The molecule has 0 aromatic heterocycles. The summed E-state index contributed by atoms with van der Waals surface area (Å²) in [5.41, 5.74) is 0.247. The molecule has 0 aliphatic rings. The molecule has 2 N–H and O–H groups in total. The Morgan fingerprint density at radius 1 is 1.29 bits per heavy atom. The number of carboxylic acid groups (broad SMARTS) is 1. The van der Waals surface area contributed by atoms with E-state index in [-0.39, 0.29) is 20.5 Å². The van der Waals surface area contributed by atoms with Crippen molar-refractivity contribution in [3.8, 4) is 0 Å². The van der Waals surface area contributed by atoms with Gasteiger partial charge in [0.05, 0.1) is 14.1 Å². The van der Waals surface area contributed by atoms with Crippen LogP contribution >= 0.6 is 22.6 Å². The second kappa shape index (κ2) is 6.04. The molecule has 8 heteroatoms. The SMILES string of the molecule is O=C(O)c1ccc(Nc2cc(F)c(I)cc2[N+](=O)[O-])cc1. The minimum atomic E-state index is -1.08. The summed E-state index contributed by atoms with van der Waals surface area (Å²) in [6.07, 6.45) is 0. The van der Waals surface area contributed by atoms with E-state index in [0.717, 1.165) is 12.1 Å². The van der Waals surface area contributed by atoms with Crippen LogP contribution in [0.1, 0.15) is 10.4 Å². The maximum Gasteiger partial charge on any atom is 0.335 e. The second-order valence-corrected chi connectivity index (χ2v) is 5.21. The highest BCUT2D eigenvalue weighted by atomic mass is 127. The standard InChI is InChI=1S/C13H8FIN2O4/c14-9-5-11(12(17(20)21)6-10(9)15)16-8-3-1-7(2-4-8)13(18)19/h1-6,16H,(H,18,19). The van der Waals surface area contributed by atoms with Crippen molar-refractivity contribution in [2.24, 2.45) is 0 Å². The van der Waals surface area contributed by atoms with Crippen LogP contribution in [-0.2, 0) is 0 Å². The largest absolute Gasteiger partial charge is 0.478 e. The van der Waals surface area contributed by atoms with Crippen molar-refractivity contribution in [2.75, 3.05) is 5.32 Å². The lowest BCUT2D eigenvalue weighted by Gasteiger charge is -2.08. The number of hydrogen-bond acceptors (Lipinski definition) is 4. The Kier molecular flexibility index (Phi) is 4.36. The van der Waals surface area contributed by atoms with Crippen molar-refractivity contribution < 1.29 is 19.2 Å². The average molecular weight is 402 g/mol. The van der Waals surface area contributed by atoms with E-state index in [1.165, 1.54) is 24.3 Å². The van der Waals surface area contributed by atoms with Gasteiger partial charge in [-0.05, 0) is 46.9 Å². The van der Waals surface area contributed by atoms with Crippen LogP contribution in [0.15, 0.2) is 36.4 Å². The normalized spacial score (nSPS) is 10.2. The molecule has 0 heterocycles. The van der Waals surface area contributed by atoms with Gasteiger partial charge < -0.3 is 10.4 Å². The molecular formula is C13H8FIN2O4. The summed E-state index contributed by atoms with van der Waals surface area (Å²) in [5.74, 6) is -1.65. The third-order valence-corrected chi connectivity index (χ3v) is 3.47. The molecule has 0 bridgehead atoms. The van der Waals surface area contributed by atoms with E-state index in [0.29, 0.717) is 5.69 Å². The topological polar surface area (TPSA) is 92.5 Å². The predicted molar refractivity (Wildman–Crippen MR) is 82.5 cm³/mol. The van der Waals surface area contributed by atoms with Crippen LogP contribution in [0.2, 0.25) is 0 Å². The van der Waals surface area contributed by atoms with Crippen molar-refractivity contribution in [1.29, 1.82) is 0 Å². The molecule has 0 radical (unpaired) electrons. The third-order valence-electron chi connectivity index (χ3n) is 2.65. The van der Waals surface area contributed by atoms with Crippen LogP contribution in [0.4, 0.5) is 21.5 Å². The Labute approximate surface area is 131 Å². The zero-order chi connectivity index (χ0) is 15.6. The number of nitrogens with zero attached hydrogens (tertiary/aromatic N) is 1. The number of carbonyl (C=O) groups is 1. The van der Waals surface area contributed by atoms with Crippen molar-refractivity contribution in [3.63, 3.8) is 0 Å². The molecule has 0 aliphatic carbocycles. The van der Waals surface area contributed by atoms with Crippen LogP contribution in [0.25, 0.3) is 0 Å². The van der Waals surface area contributed by atoms with Crippen LogP contribution in [0.3, 0.4) is 0 Å². The molecule has 0 atom stereocenters. The second-order valence-electron chi connectivity index (χ2n) is 4.05. The van der Waals surface area contributed by atoms with E-state index < -0.39 is 16.7 Å². The van der Waals surface area contributed by atoms with Crippen molar-refractivity contribution in [1.82, 2.24) is 0 Å². The first-order valence-electron chi connectivity index (χ1n) is 5.62. The number of nitrogens with one attached hydrogen (secondary N) is 1. The summed E-state index contributed by atoms with van der Waals surface area (Å²) in [7, 11) is 0. The van der Waals surface area contributed by atoms with Gasteiger partial charge in [0, 0.05) is 17.8 Å².